The van der Waals surface area contributed by atoms with E-state index in [2.05, 4.69) is 30.2 Å². The third-order valence-electron chi connectivity index (χ3n) is 2.51. The largest absolute Gasteiger partial charge is 0.310 e. The summed E-state index contributed by atoms with van der Waals surface area (Å²) in [5.74, 6) is 0. The first kappa shape index (κ1) is 12.1. The van der Waals surface area contributed by atoms with Crippen LogP contribution >= 0.6 is 11.6 Å². The molecule has 3 nitrogen and oxygen atoms in total. The van der Waals surface area contributed by atoms with Crippen LogP contribution in [-0.2, 0) is 6.54 Å². The summed E-state index contributed by atoms with van der Waals surface area (Å²) in [7, 11) is 0. The first-order valence-corrected chi connectivity index (χ1v) is 6.05. The van der Waals surface area contributed by atoms with Gasteiger partial charge < -0.3 is 9.88 Å². The fourth-order valence-electron chi connectivity index (χ4n) is 1.59. The molecule has 90 valence electrons. The maximum Gasteiger partial charge on any atom is 0.0992 e. The molecule has 0 atom stereocenters. The van der Waals surface area contributed by atoms with E-state index in [0.29, 0.717) is 6.04 Å². The van der Waals surface area contributed by atoms with Crippen molar-refractivity contribution in [1.82, 2.24) is 14.9 Å². The van der Waals surface area contributed by atoms with Crippen molar-refractivity contribution in [3.8, 4) is 5.69 Å². The molecule has 0 saturated carbocycles. The Kier molecular flexibility index (Phi) is 3.82. The molecule has 1 heterocycles. The van der Waals surface area contributed by atoms with Crippen LogP contribution in [0, 0.1) is 0 Å². The minimum Gasteiger partial charge on any atom is -0.310 e. The van der Waals surface area contributed by atoms with E-state index in [1.807, 2.05) is 22.9 Å². The Morgan fingerprint density at radius 1 is 1.41 bits per heavy atom. The number of hydrogen-bond acceptors (Lipinski definition) is 2. The Hall–Kier alpha value is -1.32. The van der Waals surface area contributed by atoms with Crippen LogP contribution in [0.2, 0.25) is 5.02 Å². The highest BCUT2D eigenvalue weighted by Gasteiger charge is 2.04. The lowest BCUT2D eigenvalue weighted by Crippen LogP contribution is -2.21. The zero-order chi connectivity index (χ0) is 12.3. The molecule has 17 heavy (non-hydrogen) atoms. The molecule has 2 aromatic rings. The minimum atomic E-state index is 0.474. The van der Waals surface area contributed by atoms with Gasteiger partial charge in [0.1, 0.15) is 0 Å². The van der Waals surface area contributed by atoms with Crippen LogP contribution < -0.4 is 5.32 Å². The van der Waals surface area contributed by atoms with Gasteiger partial charge in [0.25, 0.3) is 0 Å². The van der Waals surface area contributed by atoms with Gasteiger partial charge in [-0.15, -0.1) is 0 Å². The smallest absolute Gasteiger partial charge is 0.0992 e. The number of nitrogens with one attached hydrogen (secondary N) is 1. The first-order valence-electron chi connectivity index (χ1n) is 5.67. The average Bonchev–Trinajstić information content (AvgIpc) is 2.79. The lowest BCUT2D eigenvalue weighted by atomic mass is 10.2. The maximum absolute atomic E-state index is 6.26. The molecule has 0 aliphatic rings. The maximum atomic E-state index is 6.26. The monoisotopic (exact) mass is 249 g/mol. The van der Waals surface area contributed by atoms with Gasteiger partial charge in [-0.25, -0.2) is 4.98 Å². The van der Waals surface area contributed by atoms with Crippen molar-refractivity contribution in [3.05, 3.63) is 47.5 Å². The van der Waals surface area contributed by atoms with E-state index >= 15 is 0 Å². The van der Waals surface area contributed by atoms with Crippen molar-refractivity contribution in [2.75, 3.05) is 0 Å². The van der Waals surface area contributed by atoms with Crippen LogP contribution in [0.4, 0.5) is 0 Å². The van der Waals surface area contributed by atoms with Crippen molar-refractivity contribution in [1.29, 1.82) is 0 Å². The molecule has 0 bridgehead atoms. The molecule has 1 aromatic heterocycles. The average molecular weight is 250 g/mol. The Labute approximate surface area is 106 Å². The molecule has 0 unspecified atom stereocenters. The highest BCUT2D eigenvalue weighted by Crippen LogP contribution is 2.21. The zero-order valence-electron chi connectivity index (χ0n) is 10.0. The predicted octanol–water partition coefficient (Wildman–Crippen LogP) is 3.02. The SMILES string of the molecule is CC(C)NCc1ccc(-n2ccnc2)c(Cl)c1. The number of rotatable bonds is 4. The normalized spacial score (nSPS) is 11.1. The van der Waals surface area contributed by atoms with E-state index in [0.717, 1.165) is 17.3 Å². The van der Waals surface area contributed by atoms with Crippen molar-refractivity contribution in [3.63, 3.8) is 0 Å². The van der Waals surface area contributed by atoms with Gasteiger partial charge in [0, 0.05) is 25.0 Å². The van der Waals surface area contributed by atoms with Crippen LogP contribution in [0.15, 0.2) is 36.9 Å². The van der Waals surface area contributed by atoms with Gasteiger partial charge >= 0.3 is 0 Å². The second-order valence-electron chi connectivity index (χ2n) is 4.29. The number of aromatic nitrogens is 2. The van der Waals surface area contributed by atoms with Gasteiger partial charge in [0.2, 0.25) is 0 Å². The summed E-state index contributed by atoms with van der Waals surface area (Å²) >= 11 is 6.26. The van der Waals surface area contributed by atoms with Crippen molar-refractivity contribution in [2.45, 2.75) is 26.4 Å². The molecule has 0 spiro atoms. The van der Waals surface area contributed by atoms with Crippen LogP contribution in [0.25, 0.3) is 5.69 Å². The van der Waals surface area contributed by atoms with E-state index in [9.17, 15) is 0 Å². The molecule has 1 N–H and O–H groups in total. The number of hydrogen-bond donors (Lipinski definition) is 1. The Morgan fingerprint density at radius 3 is 2.82 bits per heavy atom. The lowest BCUT2D eigenvalue weighted by Gasteiger charge is -2.10. The van der Waals surface area contributed by atoms with E-state index in [4.69, 9.17) is 11.6 Å². The van der Waals surface area contributed by atoms with Gasteiger partial charge in [-0.3, -0.25) is 0 Å². The van der Waals surface area contributed by atoms with Gasteiger partial charge in [0.05, 0.1) is 17.0 Å². The fourth-order valence-corrected chi connectivity index (χ4v) is 1.89. The molecule has 0 amide bonds. The summed E-state index contributed by atoms with van der Waals surface area (Å²) in [6.07, 6.45) is 5.37. The topological polar surface area (TPSA) is 29.9 Å². The molecular weight excluding hydrogens is 234 g/mol. The number of benzene rings is 1. The standard InChI is InChI=1S/C13H16ClN3/c1-10(2)16-8-11-3-4-13(12(14)7-11)17-6-5-15-9-17/h3-7,9-10,16H,8H2,1-2H3. The molecule has 0 aliphatic carbocycles. The van der Waals surface area contributed by atoms with Crippen LogP contribution in [-0.4, -0.2) is 15.6 Å². The lowest BCUT2D eigenvalue weighted by molar-refractivity contribution is 0.589. The Bertz CT molecular complexity index is 477. The van der Waals surface area contributed by atoms with Crippen molar-refractivity contribution in [2.24, 2.45) is 0 Å². The summed E-state index contributed by atoms with van der Waals surface area (Å²) in [5, 5.41) is 4.11. The van der Waals surface area contributed by atoms with Gasteiger partial charge in [-0.1, -0.05) is 31.5 Å². The summed E-state index contributed by atoms with van der Waals surface area (Å²) in [6, 6.07) is 6.56. The number of halogens is 1. The third kappa shape index (κ3) is 3.08. The molecule has 0 fully saturated rings. The van der Waals surface area contributed by atoms with Crippen LogP contribution in [0.5, 0.6) is 0 Å². The second-order valence-corrected chi connectivity index (χ2v) is 4.70. The van der Waals surface area contributed by atoms with E-state index in [1.165, 1.54) is 5.56 Å². The molecule has 0 aliphatic heterocycles. The fraction of sp³-hybridized carbons (Fsp3) is 0.308. The quantitative estimate of drug-likeness (QED) is 0.903. The molecule has 0 radical (unpaired) electrons. The highest BCUT2D eigenvalue weighted by molar-refractivity contribution is 6.32. The molecular formula is C13H16ClN3. The first-order chi connectivity index (χ1) is 8.16. The molecule has 2 rings (SSSR count). The van der Waals surface area contributed by atoms with E-state index < -0.39 is 0 Å². The van der Waals surface area contributed by atoms with Gasteiger partial charge in [0.15, 0.2) is 0 Å². The van der Waals surface area contributed by atoms with E-state index in [-0.39, 0.29) is 0 Å². The third-order valence-corrected chi connectivity index (χ3v) is 2.81. The van der Waals surface area contributed by atoms with Crippen molar-refractivity contribution >= 4 is 11.6 Å². The molecule has 0 saturated heterocycles. The Morgan fingerprint density at radius 2 is 2.24 bits per heavy atom. The second kappa shape index (κ2) is 5.34. The van der Waals surface area contributed by atoms with Gasteiger partial charge in [-0.2, -0.15) is 0 Å². The summed E-state index contributed by atoms with van der Waals surface area (Å²) in [5.41, 5.74) is 2.14. The van der Waals surface area contributed by atoms with Crippen molar-refractivity contribution < 1.29 is 0 Å². The summed E-state index contributed by atoms with van der Waals surface area (Å²) in [6.45, 7) is 5.09. The van der Waals surface area contributed by atoms with Gasteiger partial charge in [-0.05, 0) is 17.7 Å². The molecule has 4 heteroatoms. The Balaban J connectivity index is 2.17. The van der Waals surface area contributed by atoms with Crippen LogP contribution in [0.1, 0.15) is 19.4 Å². The summed E-state index contributed by atoms with van der Waals surface area (Å²) in [4.78, 5) is 4.01. The number of nitrogens with zero attached hydrogens (tertiary/aromatic N) is 2. The minimum absolute atomic E-state index is 0.474. The van der Waals surface area contributed by atoms with E-state index in [1.54, 1.807) is 12.5 Å². The molecule has 1 aromatic carbocycles. The highest BCUT2D eigenvalue weighted by atomic mass is 35.5. The number of imidazole rings is 1. The summed E-state index contributed by atoms with van der Waals surface area (Å²) < 4.78 is 1.90. The predicted molar refractivity (Wildman–Crippen MR) is 70.5 cm³/mol. The van der Waals surface area contributed by atoms with Crippen LogP contribution in [0.3, 0.4) is 0 Å². The zero-order valence-corrected chi connectivity index (χ0v) is 10.8.